The third kappa shape index (κ3) is 9.54. The number of anilines is 1. The van der Waals surface area contributed by atoms with Crippen LogP contribution in [0.3, 0.4) is 0 Å². The van der Waals surface area contributed by atoms with E-state index in [1.807, 2.05) is 75.4 Å². The zero-order valence-electron chi connectivity index (χ0n) is 23.9. The number of benzene rings is 3. The molecule has 8 nitrogen and oxygen atoms in total. The van der Waals surface area contributed by atoms with Crippen LogP contribution in [0.5, 0.6) is 0 Å². The van der Waals surface area contributed by atoms with Crippen LogP contribution in [0.4, 0.5) is 5.69 Å². The van der Waals surface area contributed by atoms with Crippen LogP contribution in [0, 0.1) is 0 Å². The number of carbonyl (C=O) groups is 3. The highest BCUT2D eigenvalue weighted by Crippen LogP contribution is 2.23. The molecular formula is C31H36BrN3O5S. The minimum absolute atomic E-state index is 0.0679. The number of Topliss-reactive ketones (excluding diaryl/α,β-unsaturated/α-hetero) is 1. The van der Waals surface area contributed by atoms with Crippen molar-refractivity contribution in [2.24, 2.45) is 0 Å². The lowest BCUT2D eigenvalue weighted by atomic mass is 10.0. The first-order valence-corrected chi connectivity index (χ1v) is 15.8. The molecule has 0 fully saturated rings. The van der Waals surface area contributed by atoms with Crippen LogP contribution in [0.15, 0.2) is 83.3 Å². The van der Waals surface area contributed by atoms with Gasteiger partial charge in [0.2, 0.25) is 21.8 Å². The van der Waals surface area contributed by atoms with E-state index < -0.39 is 34.1 Å². The number of nitrogens with zero attached hydrogens (tertiary/aromatic N) is 2. The fourth-order valence-corrected chi connectivity index (χ4v) is 5.62. The number of halogens is 1. The quantitative estimate of drug-likeness (QED) is 0.298. The topological polar surface area (TPSA) is 104 Å². The van der Waals surface area contributed by atoms with Gasteiger partial charge in [-0.15, -0.1) is 0 Å². The summed E-state index contributed by atoms with van der Waals surface area (Å²) in [5.74, 6) is -1.15. The SMILES string of the molecule is CC(=O)c1cccc(N(CC(=O)N(Cc2cccc(Br)c2)[C@@H](Cc2ccccc2)C(=O)NC(C)(C)C)S(C)(=O)=O)c1. The molecule has 3 rings (SSSR count). The summed E-state index contributed by atoms with van der Waals surface area (Å²) in [4.78, 5) is 41.3. The normalized spacial score (nSPS) is 12.3. The summed E-state index contributed by atoms with van der Waals surface area (Å²) < 4.78 is 27.7. The first-order chi connectivity index (χ1) is 19.1. The van der Waals surface area contributed by atoms with Gasteiger partial charge in [-0.25, -0.2) is 8.42 Å². The smallest absolute Gasteiger partial charge is 0.244 e. The maximum Gasteiger partial charge on any atom is 0.244 e. The Kier molecular flexibility index (Phi) is 10.5. The van der Waals surface area contributed by atoms with Crippen molar-refractivity contribution in [1.82, 2.24) is 10.2 Å². The Morgan fingerprint density at radius 2 is 1.54 bits per heavy atom. The van der Waals surface area contributed by atoms with E-state index in [2.05, 4.69) is 21.2 Å². The Morgan fingerprint density at radius 1 is 0.902 bits per heavy atom. The molecule has 0 bridgehead atoms. The second-order valence-corrected chi connectivity index (χ2v) is 13.8. The molecule has 0 saturated heterocycles. The van der Waals surface area contributed by atoms with Crippen molar-refractivity contribution < 1.29 is 22.8 Å². The van der Waals surface area contributed by atoms with Gasteiger partial charge in [-0.3, -0.25) is 18.7 Å². The van der Waals surface area contributed by atoms with Crippen LogP contribution >= 0.6 is 15.9 Å². The summed E-state index contributed by atoms with van der Waals surface area (Å²) in [7, 11) is -3.94. The van der Waals surface area contributed by atoms with Crippen molar-refractivity contribution in [3.63, 3.8) is 0 Å². The zero-order chi connectivity index (χ0) is 30.4. The maximum atomic E-state index is 14.1. The van der Waals surface area contributed by atoms with Crippen LogP contribution in [0.25, 0.3) is 0 Å². The van der Waals surface area contributed by atoms with Crippen molar-refractivity contribution in [2.45, 2.75) is 52.2 Å². The van der Waals surface area contributed by atoms with Gasteiger partial charge in [-0.1, -0.05) is 70.5 Å². The van der Waals surface area contributed by atoms with Crippen LogP contribution < -0.4 is 9.62 Å². The predicted octanol–water partition coefficient (Wildman–Crippen LogP) is 4.97. The number of hydrogen-bond acceptors (Lipinski definition) is 5. The Morgan fingerprint density at radius 3 is 2.12 bits per heavy atom. The van der Waals surface area contributed by atoms with E-state index >= 15 is 0 Å². The number of rotatable bonds is 11. The summed E-state index contributed by atoms with van der Waals surface area (Å²) in [5, 5.41) is 3.00. The summed E-state index contributed by atoms with van der Waals surface area (Å²) in [6, 6.07) is 22.0. The van der Waals surface area contributed by atoms with Gasteiger partial charge in [0.25, 0.3) is 0 Å². The molecule has 0 aromatic heterocycles. The minimum Gasteiger partial charge on any atom is -0.350 e. The molecule has 218 valence electrons. The molecule has 2 amide bonds. The van der Waals surface area contributed by atoms with Gasteiger partial charge < -0.3 is 10.2 Å². The fourth-order valence-electron chi connectivity index (χ4n) is 4.33. The average Bonchev–Trinajstić information content (AvgIpc) is 2.88. The lowest BCUT2D eigenvalue weighted by Gasteiger charge is -2.35. The van der Waals surface area contributed by atoms with Gasteiger partial charge in [-0.05, 0) is 63.1 Å². The molecule has 10 heteroatoms. The molecular weight excluding hydrogens is 606 g/mol. The molecule has 3 aromatic rings. The minimum atomic E-state index is -3.94. The second kappa shape index (κ2) is 13.4. The Labute approximate surface area is 250 Å². The number of ketones is 1. The van der Waals surface area contributed by atoms with Gasteiger partial charge >= 0.3 is 0 Å². The van der Waals surface area contributed by atoms with E-state index in [4.69, 9.17) is 0 Å². The number of carbonyl (C=O) groups excluding carboxylic acids is 3. The molecule has 0 heterocycles. The molecule has 0 spiro atoms. The summed E-state index contributed by atoms with van der Waals surface area (Å²) in [6.45, 7) is 6.48. The summed E-state index contributed by atoms with van der Waals surface area (Å²) in [5.41, 5.74) is 1.56. The fraction of sp³-hybridized carbons (Fsp3) is 0.323. The van der Waals surface area contributed by atoms with Gasteiger partial charge in [0.1, 0.15) is 12.6 Å². The van der Waals surface area contributed by atoms with Crippen LogP contribution in [0.2, 0.25) is 0 Å². The van der Waals surface area contributed by atoms with E-state index in [0.29, 0.717) is 5.56 Å². The number of sulfonamides is 1. The monoisotopic (exact) mass is 641 g/mol. The first kappa shape index (κ1) is 32.0. The van der Waals surface area contributed by atoms with E-state index in [9.17, 15) is 22.8 Å². The maximum absolute atomic E-state index is 14.1. The van der Waals surface area contributed by atoms with Gasteiger partial charge in [0, 0.05) is 28.5 Å². The van der Waals surface area contributed by atoms with Gasteiger partial charge in [0.15, 0.2) is 5.78 Å². The molecule has 0 aliphatic carbocycles. The third-order valence-corrected chi connectivity index (χ3v) is 7.86. The number of amides is 2. The first-order valence-electron chi connectivity index (χ1n) is 13.1. The standard InChI is InChI=1S/C31H36BrN3O5S/c1-22(36)25-14-10-16-27(19-25)35(41(5,39)40)21-29(37)34(20-24-13-9-15-26(32)17-24)28(30(38)33-31(2,3)4)18-23-11-7-6-8-12-23/h6-17,19,28H,18,20-21H2,1-5H3,(H,33,38)/t28-/m0/s1. The molecule has 0 saturated carbocycles. The lowest BCUT2D eigenvalue weighted by molar-refractivity contribution is -0.140. The molecule has 3 aromatic carbocycles. The molecule has 0 unspecified atom stereocenters. The van der Waals surface area contributed by atoms with Crippen LogP contribution in [-0.2, 0) is 32.6 Å². The zero-order valence-corrected chi connectivity index (χ0v) is 26.3. The Bertz CT molecular complexity index is 1500. The third-order valence-electron chi connectivity index (χ3n) is 6.23. The predicted molar refractivity (Wildman–Crippen MR) is 165 cm³/mol. The van der Waals surface area contributed by atoms with Gasteiger partial charge in [-0.2, -0.15) is 0 Å². The summed E-state index contributed by atoms with van der Waals surface area (Å²) >= 11 is 3.47. The van der Waals surface area contributed by atoms with E-state index in [-0.39, 0.29) is 30.3 Å². The molecule has 0 aliphatic heterocycles. The average molecular weight is 643 g/mol. The lowest BCUT2D eigenvalue weighted by Crippen LogP contribution is -2.56. The van der Waals surface area contributed by atoms with Crippen LogP contribution in [0.1, 0.15) is 49.2 Å². The van der Waals surface area contributed by atoms with Gasteiger partial charge in [0.05, 0.1) is 11.9 Å². The second-order valence-electron chi connectivity index (χ2n) is 11.0. The highest BCUT2D eigenvalue weighted by atomic mass is 79.9. The van der Waals surface area contributed by atoms with Crippen molar-refractivity contribution in [2.75, 3.05) is 17.1 Å². The van der Waals surface area contributed by atoms with Crippen molar-refractivity contribution in [3.8, 4) is 0 Å². The van der Waals surface area contributed by atoms with Crippen molar-refractivity contribution in [3.05, 3.63) is 100 Å². The van der Waals surface area contributed by atoms with E-state index in [0.717, 1.165) is 26.2 Å². The summed E-state index contributed by atoms with van der Waals surface area (Å²) in [6.07, 6.45) is 1.23. The van der Waals surface area contributed by atoms with E-state index in [1.165, 1.54) is 24.0 Å². The molecule has 41 heavy (non-hydrogen) atoms. The van der Waals surface area contributed by atoms with Crippen molar-refractivity contribution >= 4 is 49.2 Å². The molecule has 0 aliphatic rings. The molecule has 1 atom stereocenters. The largest absolute Gasteiger partial charge is 0.350 e. The van der Waals surface area contributed by atoms with E-state index in [1.54, 1.807) is 12.1 Å². The number of nitrogens with one attached hydrogen (secondary N) is 1. The molecule has 0 radical (unpaired) electrons. The highest BCUT2D eigenvalue weighted by molar-refractivity contribution is 9.10. The Hall–Kier alpha value is -3.50. The Balaban J connectivity index is 2.09. The van der Waals surface area contributed by atoms with Crippen LogP contribution in [-0.4, -0.2) is 55.3 Å². The number of hydrogen-bond donors (Lipinski definition) is 1. The van der Waals surface area contributed by atoms with Crippen molar-refractivity contribution in [1.29, 1.82) is 0 Å². The molecule has 1 N–H and O–H groups in total. The highest BCUT2D eigenvalue weighted by Gasteiger charge is 2.34.